The maximum atomic E-state index is 13.6. The predicted octanol–water partition coefficient (Wildman–Crippen LogP) is 4.01. The summed E-state index contributed by atoms with van der Waals surface area (Å²) in [6, 6.07) is 14.4. The molecule has 5 nitrogen and oxygen atoms in total. The van der Waals surface area contributed by atoms with Crippen LogP contribution < -0.4 is 10.2 Å². The van der Waals surface area contributed by atoms with Gasteiger partial charge in [-0.05, 0) is 37.6 Å². The molecule has 0 radical (unpaired) electrons. The number of aryl methyl sites for hydroxylation is 1. The van der Waals surface area contributed by atoms with Gasteiger partial charge in [-0.15, -0.1) is 0 Å². The molecule has 138 valence electrons. The number of nitrogens with zero attached hydrogens (tertiary/aromatic N) is 3. The highest BCUT2D eigenvalue weighted by atomic mass is 19.1. The van der Waals surface area contributed by atoms with Crippen LogP contribution in [0.2, 0.25) is 0 Å². The number of carbonyl (C=O) groups is 1. The van der Waals surface area contributed by atoms with Crippen LogP contribution in [0.5, 0.6) is 0 Å². The average Bonchev–Trinajstić information content (AvgIpc) is 2.68. The Labute approximate surface area is 157 Å². The van der Waals surface area contributed by atoms with Crippen LogP contribution in [-0.4, -0.2) is 22.4 Å². The number of benzene rings is 2. The fraction of sp³-hybridized carbons (Fsp3) is 0.190. The second-order valence-electron chi connectivity index (χ2n) is 6.13. The molecule has 0 saturated carbocycles. The van der Waals surface area contributed by atoms with E-state index < -0.39 is 0 Å². The Morgan fingerprint density at radius 2 is 1.85 bits per heavy atom. The maximum Gasteiger partial charge on any atom is 0.254 e. The van der Waals surface area contributed by atoms with Gasteiger partial charge < -0.3 is 10.2 Å². The second-order valence-corrected chi connectivity index (χ2v) is 6.13. The van der Waals surface area contributed by atoms with E-state index in [0.29, 0.717) is 23.6 Å². The lowest BCUT2D eigenvalue weighted by Gasteiger charge is -2.21. The van der Waals surface area contributed by atoms with Gasteiger partial charge in [-0.2, -0.15) is 0 Å². The molecule has 27 heavy (non-hydrogen) atoms. The Morgan fingerprint density at radius 1 is 1.11 bits per heavy atom. The molecular formula is C21H21FN4O. The van der Waals surface area contributed by atoms with Gasteiger partial charge in [-0.25, -0.2) is 14.4 Å². The van der Waals surface area contributed by atoms with Crippen molar-refractivity contribution in [1.82, 2.24) is 15.3 Å². The summed E-state index contributed by atoms with van der Waals surface area (Å²) in [7, 11) is 0. The Balaban J connectivity index is 1.70. The minimum absolute atomic E-state index is 0.109. The summed E-state index contributed by atoms with van der Waals surface area (Å²) in [5, 5.41) is 2.69. The third kappa shape index (κ3) is 4.47. The zero-order valence-corrected chi connectivity index (χ0v) is 15.3. The van der Waals surface area contributed by atoms with E-state index in [1.165, 1.54) is 18.5 Å². The molecule has 1 amide bonds. The average molecular weight is 364 g/mol. The first-order chi connectivity index (χ1) is 13.1. The largest absolute Gasteiger partial charge is 0.348 e. The molecule has 3 rings (SSSR count). The molecule has 0 aliphatic carbocycles. The van der Waals surface area contributed by atoms with Crippen molar-refractivity contribution in [3.63, 3.8) is 0 Å². The Bertz CT molecular complexity index is 927. The van der Waals surface area contributed by atoms with E-state index in [0.717, 1.165) is 11.3 Å². The normalized spacial score (nSPS) is 10.5. The van der Waals surface area contributed by atoms with Gasteiger partial charge in [0.2, 0.25) is 5.95 Å². The van der Waals surface area contributed by atoms with Gasteiger partial charge in [-0.3, -0.25) is 4.79 Å². The summed E-state index contributed by atoms with van der Waals surface area (Å²) in [4.78, 5) is 22.9. The van der Waals surface area contributed by atoms with Crippen LogP contribution in [0, 0.1) is 12.7 Å². The van der Waals surface area contributed by atoms with Crippen LogP contribution >= 0.6 is 0 Å². The Hall–Kier alpha value is -3.28. The minimum Gasteiger partial charge on any atom is -0.348 e. The highest BCUT2D eigenvalue weighted by molar-refractivity contribution is 5.93. The highest BCUT2D eigenvalue weighted by Gasteiger charge is 2.13. The van der Waals surface area contributed by atoms with Crippen molar-refractivity contribution in [2.24, 2.45) is 0 Å². The fourth-order valence-corrected chi connectivity index (χ4v) is 2.73. The zero-order valence-electron chi connectivity index (χ0n) is 15.3. The topological polar surface area (TPSA) is 58.1 Å². The molecule has 0 fully saturated rings. The lowest BCUT2D eigenvalue weighted by atomic mass is 10.2. The first-order valence-electron chi connectivity index (χ1n) is 8.76. The van der Waals surface area contributed by atoms with Gasteiger partial charge in [0.1, 0.15) is 5.82 Å². The third-order valence-corrected chi connectivity index (χ3v) is 4.17. The number of amides is 1. The molecular weight excluding hydrogens is 343 g/mol. The molecule has 0 atom stereocenters. The summed E-state index contributed by atoms with van der Waals surface area (Å²) >= 11 is 0. The van der Waals surface area contributed by atoms with Crippen molar-refractivity contribution < 1.29 is 9.18 Å². The molecule has 2 aromatic carbocycles. The van der Waals surface area contributed by atoms with E-state index in [9.17, 15) is 9.18 Å². The van der Waals surface area contributed by atoms with Crippen molar-refractivity contribution in [1.29, 1.82) is 0 Å². The SMILES string of the molecule is CCN(c1cccc(C)c1)c1ncc(C(=O)NCc2ccccc2F)cn1. The van der Waals surface area contributed by atoms with Gasteiger partial charge >= 0.3 is 0 Å². The minimum atomic E-state index is -0.346. The highest BCUT2D eigenvalue weighted by Crippen LogP contribution is 2.22. The van der Waals surface area contributed by atoms with Gasteiger partial charge in [0.25, 0.3) is 5.91 Å². The van der Waals surface area contributed by atoms with Crippen LogP contribution in [0.4, 0.5) is 16.0 Å². The summed E-state index contributed by atoms with van der Waals surface area (Å²) in [6.07, 6.45) is 2.97. The van der Waals surface area contributed by atoms with Crippen LogP contribution in [0.1, 0.15) is 28.4 Å². The molecule has 0 aliphatic rings. The molecule has 1 N–H and O–H groups in total. The molecule has 0 aliphatic heterocycles. The molecule has 6 heteroatoms. The number of aromatic nitrogens is 2. The molecule has 0 unspecified atom stereocenters. The maximum absolute atomic E-state index is 13.6. The summed E-state index contributed by atoms with van der Waals surface area (Å²) < 4.78 is 13.6. The molecule has 0 bridgehead atoms. The first kappa shape index (κ1) is 18.5. The van der Waals surface area contributed by atoms with Crippen molar-refractivity contribution in [2.45, 2.75) is 20.4 Å². The molecule has 0 spiro atoms. The van der Waals surface area contributed by atoms with E-state index >= 15 is 0 Å². The first-order valence-corrected chi connectivity index (χ1v) is 8.76. The lowest BCUT2D eigenvalue weighted by molar-refractivity contribution is 0.0950. The second kappa shape index (κ2) is 8.40. The number of rotatable bonds is 6. The lowest BCUT2D eigenvalue weighted by Crippen LogP contribution is -2.24. The van der Waals surface area contributed by atoms with Crippen LogP contribution in [0.3, 0.4) is 0 Å². The molecule has 1 aromatic heterocycles. The van der Waals surface area contributed by atoms with Crippen molar-refractivity contribution in [2.75, 3.05) is 11.4 Å². The predicted molar refractivity (Wildman–Crippen MR) is 103 cm³/mol. The molecule has 1 heterocycles. The van der Waals surface area contributed by atoms with Crippen LogP contribution in [0.25, 0.3) is 0 Å². The van der Waals surface area contributed by atoms with Crippen molar-refractivity contribution in [3.8, 4) is 0 Å². The number of anilines is 2. The smallest absolute Gasteiger partial charge is 0.254 e. The van der Waals surface area contributed by atoms with Crippen molar-refractivity contribution >= 4 is 17.5 Å². The van der Waals surface area contributed by atoms with Gasteiger partial charge in [0.15, 0.2) is 0 Å². The number of halogens is 1. The number of nitrogens with one attached hydrogen (secondary N) is 1. The standard InChI is InChI=1S/C21H21FN4O/c1-3-26(18-9-6-7-15(2)11-18)21-24-13-17(14-25-21)20(27)23-12-16-8-4-5-10-19(16)22/h4-11,13-14H,3,12H2,1-2H3,(H,23,27). The summed E-state index contributed by atoms with van der Waals surface area (Å²) in [5.74, 6) is -0.168. The van der Waals surface area contributed by atoms with Crippen molar-refractivity contribution in [3.05, 3.63) is 83.4 Å². The molecule has 0 saturated heterocycles. The monoisotopic (exact) mass is 364 g/mol. The fourth-order valence-electron chi connectivity index (χ4n) is 2.73. The number of hydrogen-bond acceptors (Lipinski definition) is 4. The number of carbonyl (C=O) groups excluding carboxylic acids is 1. The van der Waals surface area contributed by atoms with Crippen LogP contribution in [0.15, 0.2) is 60.9 Å². The van der Waals surface area contributed by atoms with E-state index in [1.54, 1.807) is 18.2 Å². The number of hydrogen-bond donors (Lipinski definition) is 1. The van der Waals surface area contributed by atoms with E-state index in [-0.39, 0.29) is 18.3 Å². The van der Waals surface area contributed by atoms with Gasteiger partial charge in [-0.1, -0.05) is 30.3 Å². The quantitative estimate of drug-likeness (QED) is 0.718. The van der Waals surface area contributed by atoms with Crippen LogP contribution in [-0.2, 0) is 6.54 Å². The molecule has 3 aromatic rings. The van der Waals surface area contributed by atoms with Gasteiger partial charge in [0, 0.05) is 36.7 Å². The van der Waals surface area contributed by atoms with Gasteiger partial charge in [0.05, 0.1) is 5.56 Å². The van der Waals surface area contributed by atoms with E-state index in [1.807, 2.05) is 36.9 Å². The Morgan fingerprint density at radius 3 is 2.52 bits per heavy atom. The van der Waals surface area contributed by atoms with E-state index in [2.05, 4.69) is 21.4 Å². The summed E-state index contributed by atoms with van der Waals surface area (Å²) in [5.41, 5.74) is 2.90. The van der Waals surface area contributed by atoms with E-state index in [4.69, 9.17) is 0 Å². The zero-order chi connectivity index (χ0) is 19.2. The third-order valence-electron chi connectivity index (χ3n) is 4.17. The Kier molecular flexibility index (Phi) is 5.76. The summed E-state index contributed by atoms with van der Waals surface area (Å²) in [6.45, 7) is 4.85.